The second kappa shape index (κ2) is 5.34. The molecule has 0 bridgehead atoms. The minimum atomic E-state index is -0.213. The molecule has 98 valence electrons. The lowest BCUT2D eigenvalue weighted by Crippen LogP contribution is -2.11. The van der Waals surface area contributed by atoms with Crippen molar-refractivity contribution in [2.24, 2.45) is 5.10 Å². The first kappa shape index (κ1) is 12.8. The number of anilines is 2. The van der Waals surface area contributed by atoms with Crippen LogP contribution in [-0.2, 0) is 0 Å². The van der Waals surface area contributed by atoms with Gasteiger partial charge in [-0.1, -0.05) is 12.1 Å². The molecule has 1 heterocycles. The summed E-state index contributed by atoms with van der Waals surface area (Å²) >= 11 is 0. The number of hydrazone groups is 1. The topological polar surface area (TPSA) is 96.2 Å². The Labute approximate surface area is 110 Å². The van der Waals surface area contributed by atoms with Gasteiger partial charge >= 0.3 is 0 Å². The number of nitrogens with zero attached hydrogens (tertiary/aromatic N) is 2. The van der Waals surface area contributed by atoms with Crippen molar-refractivity contribution < 1.29 is 0 Å². The van der Waals surface area contributed by atoms with Crippen LogP contribution < -0.4 is 16.7 Å². The van der Waals surface area contributed by atoms with E-state index < -0.39 is 0 Å². The summed E-state index contributed by atoms with van der Waals surface area (Å²) in [6, 6.07) is 8.79. The molecule has 0 saturated heterocycles. The van der Waals surface area contributed by atoms with Gasteiger partial charge in [0.1, 0.15) is 0 Å². The van der Waals surface area contributed by atoms with Crippen LogP contribution in [0.25, 0.3) is 0 Å². The van der Waals surface area contributed by atoms with E-state index in [4.69, 9.17) is 5.73 Å². The van der Waals surface area contributed by atoms with Crippen molar-refractivity contribution in [2.45, 2.75) is 13.8 Å². The molecule has 0 unspecified atom stereocenters. The van der Waals surface area contributed by atoms with E-state index in [1.807, 2.05) is 19.1 Å². The molecule has 0 amide bonds. The van der Waals surface area contributed by atoms with Crippen molar-refractivity contribution in [1.29, 1.82) is 0 Å². The maximum Gasteiger partial charge on any atom is 0.252 e. The molecule has 6 nitrogen and oxygen atoms in total. The number of nitrogens with one attached hydrogen (secondary N) is 2. The lowest BCUT2D eigenvalue weighted by molar-refractivity contribution is 1.04. The van der Waals surface area contributed by atoms with Crippen molar-refractivity contribution in [2.75, 3.05) is 11.2 Å². The van der Waals surface area contributed by atoms with Gasteiger partial charge in [0.05, 0.1) is 5.71 Å². The fraction of sp³-hybridized carbons (Fsp3) is 0.154. The van der Waals surface area contributed by atoms with Crippen LogP contribution in [0.4, 0.5) is 11.6 Å². The number of hydrogen-bond acceptors (Lipinski definition) is 5. The lowest BCUT2D eigenvalue weighted by Gasteiger charge is -2.03. The molecular formula is C13H15N5O. The van der Waals surface area contributed by atoms with Crippen molar-refractivity contribution in [3.63, 3.8) is 0 Å². The van der Waals surface area contributed by atoms with Crippen LogP contribution in [0.3, 0.4) is 0 Å². The monoisotopic (exact) mass is 257 g/mol. The zero-order valence-electron chi connectivity index (χ0n) is 10.8. The molecule has 2 aromatic rings. The Bertz CT molecular complexity index is 657. The van der Waals surface area contributed by atoms with Crippen LogP contribution in [-0.4, -0.2) is 15.7 Å². The maximum atomic E-state index is 11.3. The molecule has 1 aromatic carbocycles. The number of nitrogens with two attached hydrogens (primary N) is 1. The minimum absolute atomic E-state index is 0.213. The SMILES string of the molecule is C/C(=N/Nc1nc(C)cc(=O)[nH]1)c1ccc(N)cc1. The number of nitrogen functional groups attached to an aromatic ring is 1. The van der Waals surface area contributed by atoms with E-state index >= 15 is 0 Å². The first-order valence-electron chi connectivity index (χ1n) is 5.79. The molecule has 0 aliphatic heterocycles. The third-order valence-electron chi connectivity index (χ3n) is 2.53. The first-order chi connectivity index (χ1) is 9.04. The maximum absolute atomic E-state index is 11.3. The number of aryl methyl sites for hydroxylation is 1. The molecule has 6 heteroatoms. The van der Waals surface area contributed by atoms with E-state index in [1.165, 1.54) is 6.07 Å². The van der Waals surface area contributed by atoms with Crippen molar-refractivity contribution in [1.82, 2.24) is 9.97 Å². The minimum Gasteiger partial charge on any atom is -0.399 e. The van der Waals surface area contributed by atoms with Gasteiger partial charge in [-0.2, -0.15) is 5.10 Å². The van der Waals surface area contributed by atoms with Gasteiger partial charge in [-0.15, -0.1) is 0 Å². The summed E-state index contributed by atoms with van der Waals surface area (Å²) in [6.07, 6.45) is 0. The molecule has 0 spiro atoms. The van der Waals surface area contributed by atoms with E-state index in [2.05, 4.69) is 20.5 Å². The highest BCUT2D eigenvalue weighted by atomic mass is 16.1. The molecule has 0 saturated carbocycles. The third kappa shape index (κ3) is 3.41. The summed E-state index contributed by atoms with van der Waals surface area (Å²) in [5.74, 6) is 0.319. The zero-order valence-corrected chi connectivity index (χ0v) is 10.8. The number of rotatable bonds is 3. The highest BCUT2D eigenvalue weighted by molar-refractivity contribution is 5.99. The number of aromatic amines is 1. The molecule has 0 atom stereocenters. The van der Waals surface area contributed by atoms with Crippen LogP contribution in [0.2, 0.25) is 0 Å². The Kier molecular flexibility index (Phi) is 3.61. The molecular weight excluding hydrogens is 242 g/mol. The van der Waals surface area contributed by atoms with Crippen LogP contribution in [0.1, 0.15) is 18.2 Å². The molecule has 0 aliphatic carbocycles. The van der Waals surface area contributed by atoms with Gasteiger partial charge in [0.2, 0.25) is 5.95 Å². The predicted octanol–water partition coefficient (Wildman–Crippen LogP) is 1.50. The Balaban J connectivity index is 2.17. The zero-order chi connectivity index (χ0) is 13.8. The van der Waals surface area contributed by atoms with Crippen LogP contribution in [0, 0.1) is 6.92 Å². The molecule has 0 fully saturated rings. The number of aromatic nitrogens is 2. The second-order valence-electron chi connectivity index (χ2n) is 4.17. The van der Waals surface area contributed by atoms with E-state index in [-0.39, 0.29) is 5.56 Å². The summed E-state index contributed by atoms with van der Waals surface area (Å²) in [7, 11) is 0. The fourth-order valence-electron chi connectivity index (χ4n) is 1.56. The van der Waals surface area contributed by atoms with Crippen LogP contribution in [0.15, 0.2) is 40.2 Å². The quantitative estimate of drug-likeness (QED) is 0.441. The Morgan fingerprint density at radius 2 is 2.05 bits per heavy atom. The van der Waals surface area contributed by atoms with Gasteiger partial charge in [0, 0.05) is 17.4 Å². The normalized spacial score (nSPS) is 11.4. The smallest absolute Gasteiger partial charge is 0.252 e. The Hall–Kier alpha value is -2.63. The van der Waals surface area contributed by atoms with Gasteiger partial charge in [-0.25, -0.2) is 10.4 Å². The van der Waals surface area contributed by atoms with Crippen molar-refractivity contribution in [3.8, 4) is 0 Å². The van der Waals surface area contributed by atoms with E-state index in [9.17, 15) is 4.79 Å². The summed E-state index contributed by atoms with van der Waals surface area (Å²) in [5.41, 5.74) is 11.2. The molecule has 1 aromatic heterocycles. The summed E-state index contributed by atoms with van der Waals surface area (Å²) in [6.45, 7) is 3.60. The summed E-state index contributed by atoms with van der Waals surface area (Å²) in [4.78, 5) is 17.9. The summed E-state index contributed by atoms with van der Waals surface area (Å²) in [5, 5.41) is 4.17. The number of benzene rings is 1. The molecule has 0 aliphatic rings. The highest BCUT2D eigenvalue weighted by Gasteiger charge is 1.99. The van der Waals surface area contributed by atoms with E-state index in [0.29, 0.717) is 17.3 Å². The van der Waals surface area contributed by atoms with Crippen molar-refractivity contribution >= 4 is 17.3 Å². The number of H-pyrrole nitrogens is 1. The third-order valence-corrected chi connectivity index (χ3v) is 2.53. The fourth-order valence-corrected chi connectivity index (χ4v) is 1.56. The average Bonchev–Trinajstić information content (AvgIpc) is 2.36. The van der Waals surface area contributed by atoms with Crippen LogP contribution in [0.5, 0.6) is 0 Å². The largest absolute Gasteiger partial charge is 0.399 e. The molecule has 2 rings (SSSR count). The predicted molar refractivity (Wildman–Crippen MR) is 76.3 cm³/mol. The van der Waals surface area contributed by atoms with Gasteiger partial charge < -0.3 is 5.73 Å². The average molecular weight is 257 g/mol. The highest BCUT2D eigenvalue weighted by Crippen LogP contribution is 2.07. The van der Waals surface area contributed by atoms with Crippen LogP contribution >= 0.6 is 0 Å². The molecule has 4 N–H and O–H groups in total. The van der Waals surface area contributed by atoms with E-state index in [0.717, 1.165) is 11.3 Å². The molecule has 19 heavy (non-hydrogen) atoms. The van der Waals surface area contributed by atoms with Gasteiger partial charge in [-0.3, -0.25) is 9.78 Å². The first-order valence-corrected chi connectivity index (χ1v) is 5.79. The second-order valence-corrected chi connectivity index (χ2v) is 4.17. The Morgan fingerprint density at radius 3 is 2.68 bits per heavy atom. The van der Waals surface area contributed by atoms with Crippen molar-refractivity contribution in [3.05, 3.63) is 51.9 Å². The van der Waals surface area contributed by atoms with Gasteiger partial charge in [0.25, 0.3) is 5.56 Å². The Morgan fingerprint density at radius 1 is 1.37 bits per heavy atom. The molecule has 0 radical (unpaired) electrons. The summed E-state index contributed by atoms with van der Waals surface area (Å²) < 4.78 is 0. The van der Waals surface area contributed by atoms with Gasteiger partial charge in [-0.05, 0) is 31.5 Å². The van der Waals surface area contributed by atoms with Gasteiger partial charge in [0.15, 0.2) is 0 Å². The lowest BCUT2D eigenvalue weighted by atomic mass is 10.1. The number of hydrogen-bond donors (Lipinski definition) is 3. The van der Waals surface area contributed by atoms with E-state index in [1.54, 1.807) is 19.1 Å². The standard InChI is InChI=1S/C13H15N5O/c1-8-7-12(19)16-13(15-8)18-17-9(2)10-3-5-11(14)6-4-10/h3-7H,14H2,1-2H3,(H2,15,16,18,19)/b17-9-.